The number of carboxylic acids is 1. The molecule has 2 fully saturated rings. The highest BCUT2D eigenvalue weighted by molar-refractivity contribution is 5.79. The maximum atomic E-state index is 13.2. The Morgan fingerprint density at radius 3 is 2.50 bits per heavy atom. The number of hydrogen-bond donors (Lipinski definition) is 2. The smallest absolute Gasteiger partial charge is 0.309 e. The molecule has 0 aromatic heterocycles. The molecule has 192 valence electrons. The number of rotatable bonds is 10. The predicted molar refractivity (Wildman–Crippen MR) is 133 cm³/mol. The van der Waals surface area contributed by atoms with Gasteiger partial charge in [0.1, 0.15) is 5.75 Å². The number of fused-ring (bicyclic) bond motifs is 1. The molecule has 2 heterocycles. The van der Waals surface area contributed by atoms with Crippen LogP contribution in [-0.4, -0.2) is 54.9 Å². The van der Waals surface area contributed by atoms with Crippen LogP contribution in [0, 0.1) is 11.8 Å². The highest BCUT2D eigenvalue weighted by Crippen LogP contribution is 2.47. The molecule has 2 aromatic carbocycles. The number of nitrogens with one attached hydrogen (secondary N) is 1. The van der Waals surface area contributed by atoms with Gasteiger partial charge in [-0.1, -0.05) is 38.0 Å². The van der Waals surface area contributed by atoms with E-state index < -0.39 is 17.9 Å². The Morgan fingerprint density at radius 2 is 1.83 bits per heavy atom. The molecule has 2 N–H and O–H groups in total. The van der Waals surface area contributed by atoms with E-state index in [4.69, 9.17) is 14.2 Å². The summed E-state index contributed by atoms with van der Waals surface area (Å²) in [6.45, 7) is 2.84. The van der Waals surface area contributed by atoms with Gasteiger partial charge in [0.2, 0.25) is 12.7 Å². The third kappa shape index (κ3) is 5.14. The minimum absolute atomic E-state index is 0.0588. The molecule has 4 unspecified atom stereocenters. The maximum Gasteiger partial charge on any atom is 0.309 e. The van der Waals surface area contributed by atoms with E-state index in [9.17, 15) is 14.7 Å². The van der Waals surface area contributed by atoms with E-state index >= 15 is 0 Å². The number of carbonyl (C=O) groups is 2. The number of ether oxygens (including phenoxy) is 3. The quantitative estimate of drug-likeness (QED) is 0.516. The fourth-order valence-electron chi connectivity index (χ4n) is 5.61. The number of benzene rings is 2. The van der Waals surface area contributed by atoms with Crippen LogP contribution >= 0.6 is 0 Å². The molecular weight excluding hydrogens is 460 g/mol. The van der Waals surface area contributed by atoms with E-state index in [1.165, 1.54) is 12.8 Å². The van der Waals surface area contributed by atoms with Crippen LogP contribution in [-0.2, 0) is 9.59 Å². The van der Waals surface area contributed by atoms with Crippen LogP contribution in [0.1, 0.15) is 55.7 Å². The molecule has 4 atom stereocenters. The first-order valence-electron chi connectivity index (χ1n) is 12.8. The van der Waals surface area contributed by atoms with Crippen molar-refractivity contribution < 1.29 is 28.9 Å². The Hall–Kier alpha value is -3.26. The van der Waals surface area contributed by atoms with E-state index in [1.54, 1.807) is 7.11 Å². The number of carboxylic acid groups (broad SMARTS) is 1. The summed E-state index contributed by atoms with van der Waals surface area (Å²) in [5.41, 5.74) is 1.72. The summed E-state index contributed by atoms with van der Waals surface area (Å²) >= 11 is 0. The molecule has 8 heteroatoms. The molecule has 8 nitrogen and oxygen atoms in total. The molecule has 1 saturated carbocycles. The molecule has 3 aliphatic rings. The van der Waals surface area contributed by atoms with Gasteiger partial charge in [-0.15, -0.1) is 0 Å². The van der Waals surface area contributed by atoms with Crippen LogP contribution in [0.2, 0.25) is 0 Å². The molecule has 0 radical (unpaired) electrons. The fraction of sp³-hybridized carbons (Fsp3) is 0.500. The lowest BCUT2D eigenvalue weighted by Gasteiger charge is -2.28. The highest BCUT2D eigenvalue weighted by Gasteiger charge is 2.48. The van der Waals surface area contributed by atoms with Crippen molar-refractivity contribution in [3.05, 3.63) is 53.6 Å². The second-order valence-corrected chi connectivity index (χ2v) is 10.1. The number of amides is 1. The Morgan fingerprint density at radius 1 is 1.11 bits per heavy atom. The molecule has 36 heavy (non-hydrogen) atoms. The van der Waals surface area contributed by atoms with E-state index in [0.29, 0.717) is 23.8 Å². The van der Waals surface area contributed by atoms with Gasteiger partial charge in [-0.25, -0.2) is 0 Å². The van der Waals surface area contributed by atoms with Gasteiger partial charge >= 0.3 is 5.97 Å². The summed E-state index contributed by atoms with van der Waals surface area (Å²) in [5, 5.41) is 13.6. The van der Waals surface area contributed by atoms with Gasteiger partial charge in [0, 0.05) is 24.5 Å². The zero-order chi connectivity index (χ0) is 25.2. The van der Waals surface area contributed by atoms with Crippen molar-refractivity contribution in [3.63, 3.8) is 0 Å². The van der Waals surface area contributed by atoms with Crippen molar-refractivity contribution in [1.82, 2.24) is 10.2 Å². The normalized spacial score (nSPS) is 23.9. The monoisotopic (exact) mass is 494 g/mol. The Bertz CT molecular complexity index is 1100. The van der Waals surface area contributed by atoms with Crippen molar-refractivity contribution >= 4 is 11.9 Å². The van der Waals surface area contributed by atoms with Crippen molar-refractivity contribution in [2.75, 3.05) is 27.0 Å². The molecule has 0 spiro atoms. The zero-order valence-corrected chi connectivity index (χ0v) is 20.8. The van der Waals surface area contributed by atoms with Gasteiger partial charge in [-0.2, -0.15) is 0 Å². The first kappa shape index (κ1) is 24.4. The summed E-state index contributed by atoms with van der Waals surface area (Å²) in [6, 6.07) is 12.8. The van der Waals surface area contributed by atoms with E-state index in [2.05, 4.69) is 12.2 Å². The van der Waals surface area contributed by atoms with Gasteiger partial charge in [-0.3, -0.25) is 14.5 Å². The second-order valence-electron chi connectivity index (χ2n) is 10.1. The molecule has 2 aromatic rings. The lowest BCUT2D eigenvalue weighted by atomic mass is 9.82. The number of methoxy groups -OCH3 is 1. The first-order valence-corrected chi connectivity index (χ1v) is 12.8. The van der Waals surface area contributed by atoms with Crippen LogP contribution in [0.4, 0.5) is 0 Å². The van der Waals surface area contributed by atoms with Gasteiger partial charge < -0.3 is 24.6 Å². The summed E-state index contributed by atoms with van der Waals surface area (Å²) in [6.07, 6.45) is 4.40. The summed E-state index contributed by atoms with van der Waals surface area (Å²) in [7, 11) is 1.60. The Kier molecular flexibility index (Phi) is 7.05. The number of aliphatic carboxylic acids is 1. The summed E-state index contributed by atoms with van der Waals surface area (Å²) < 4.78 is 16.3. The number of hydrogen-bond acceptors (Lipinski definition) is 6. The van der Waals surface area contributed by atoms with E-state index in [-0.39, 0.29) is 31.2 Å². The van der Waals surface area contributed by atoms with Crippen molar-refractivity contribution in [2.45, 2.75) is 50.6 Å². The van der Waals surface area contributed by atoms with Gasteiger partial charge in [-0.05, 0) is 54.2 Å². The highest BCUT2D eigenvalue weighted by atomic mass is 16.7. The summed E-state index contributed by atoms with van der Waals surface area (Å²) in [4.78, 5) is 27.9. The third-order valence-corrected chi connectivity index (χ3v) is 7.68. The summed E-state index contributed by atoms with van der Waals surface area (Å²) in [5.74, 6) is 0.711. The van der Waals surface area contributed by atoms with Gasteiger partial charge in [0.05, 0.1) is 19.6 Å². The van der Waals surface area contributed by atoms with Crippen LogP contribution < -0.4 is 19.5 Å². The van der Waals surface area contributed by atoms with Crippen molar-refractivity contribution in [3.8, 4) is 17.2 Å². The van der Waals surface area contributed by atoms with Crippen LogP contribution in [0.5, 0.6) is 17.2 Å². The predicted octanol–water partition coefficient (Wildman–Crippen LogP) is 3.96. The molecular formula is C28H34N2O6. The van der Waals surface area contributed by atoms with Gasteiger partial charge in [0.15, 0.2) is 11.5 Å². The minimum Gasteiger partial charge on any atom is -0.497 e. The standard InChI is InChI=1S/C28H34N2O6/c1-3-20(12-17-4-5-17)29-25(31)15-30-14-22(19-8-11-23-24(13-19)36-16-35-23)26(28(32)33)27(30)18-6-9-21(34-2)10-7-18/h6-11,13,17,20,22,26-27H,3-5,12,14-16H2,1-2H3,(H,29,31)(H,32,33). The van der Waals surface area contributed by atoms with E-state index in [0.717, 1.165) is 29.9 Å². The minimum atomic E-state index is -0.887. The Balaban J connectivity index is 1.43. The number of likely N-dealkylation sites (tertiary alicyclic amines) is 1. The van der Waals surface area contributed by atoms with E-state index in [1.807, 2.05) is 47.4 Å². The molecule has 5 rings (SSSR count). The van der Waals surface area contributed by atoms with Gasteiger partial charge in [0.25, 0.3) is 0 Å². The molecule has 1 saturated heterocycles. The average Bonchev–Trinajstić information content (AvgIpc) is 3.43. The largest absolute Gasteiger partial charge is 0.497 e. The maximum absolute atomic E-state index is 13.2. The van der Waals surface area contributed by atoms with Crippen molar-refractivity contribution in [2.24, 2.45) is 11.8 Å². The SMILES string of the molecule is CCC(CC1CC1)NC(=O)CN1CC(c2ccc3c(c2)OCO3)C(C(=O)O)C1c1ccc(OC)cc1. The van der Waals surface area contributed by atoms with Crippen LogP contribution in [0.15, 0.2) is 42.5 Å². The fourth-order valence-corrected chi connectivity index (χ4v) is 5.61. The lowest BCUT2D eigenvalue weighted by Crippen LogP contribution is -2.42. The molecule has 2 aliphatic heterocycles. The Labute approximate surface area is 211 Å². The third-order valence-electron chi connectivity index (χ3n) is 7.68. The molecule has 1 aliphatic carbocycles. The van der Waals surface area contributed by atoms with Crippen LogP contribution in [0.25, 0.3) is 0 Å². The lowest BCUT2D eigenvalue weighted by molar-refractivity contribution is -0.143. The molecule has 0 bridgehead atoms. The number of carbonyl (C=O) groups excluding carboxylic acids is 1. The van der Waals surface area contributed by atoms with Crippen LogP contribution in [0.3, 0.4) is 0 Å². The number of nitrogens with zero attached hydrogens (tertiary/aromatic N) is 1. The molecule has 1 amide bonds. The topological polar surface area (TPSA) is 97.3 Å². The van der Waals surface area contributed by atoms with Crippen molar-refractivity contribution in [1.29, 1.82) is 0 Å². The first-order chi connectivity index (χ1) is 17.5. The second kappa shape index (κ2) is 10.4. The average molecular weight is 495 g/mol. The zero-order valence-electron chi connectivity index (χ0n) is 20.8.